The average molecular weight is 357 g/mol. The summed E-state index contributed by atoms with van der Waals surface area (Å²) in [4.78, 5) is 2.29. The zero-order valence-electron chi connectivity index (χ0n) is 15.2. The van der Waals surface area contributed by atoms with Gasteiger partial charge in [0.2, 0.25) is 0 Å². The topological polar surface area (TPSA) is 62.2 Å². The first kappa shape index (κ1) is 18.7. The lowest BCUT2D eigenvalue weighted by molar-refractivity contribution is -0.0964. The minimum atomic E-state index is -0.849. The van der Waals surface area contributed by atoms with Gasteiger partial charge in [-0.25, -0.2) is 0 Å². The van der Waals surface area contributed by atoms with Crippen LogP contribution in [-0.2, 0) is 6.54 Å². The number of aliphatic hydroxyl groups excluding tert-OH is 1. The molecule has 2 N–H and O–H groups in total. The minimum Gasteiger partial charge on any atom is -0.491 e. The van der Waals surface area contributed by atoms with Crippen LogP contribution in [0.3, 0.4) is 0 Å². The third kappa shape index (κ3) is 4.97. The van der Waals surface area contributed by atoms with Crippen molar-refractivity contribution < 1.29 is 19.7 Å². The molecule has 3 rings (SSSR count). The van der Waals surface area contributed by atoms with Gasteiger partial charge in [-0.05, 0) is 43.2 Å². The van der Waals surface area contributed by atoms with E-state index in [1.165, 1.54) is 0 Å². The Morgan fingerprint density at radius 1 is 1.12 bits per heavy atom. The summed E-state index contributed by atoms with van der Waals surface area (Å²) in [5, 5.41) is 19.6. The predicted octanol–water partition coefficient (Wildman–Crippen LogP) is 2.46. The quantitative estimate of drug-likeness (QED) is 0.797. The Morgan fingerprint density at radius 3 is 2.65 bits per heavy atom. The van der Waals surface area contributed by atoms with Crippen LogP contribution in [0.1, 0.15) is 18.9 Å². The van der Waals surface area contributed by atoms with E-state index in [2.05, 4.69) is 11.0 Å². The second-order valence-corrected chi connectivity index (χ2v) is 6.98. The number of benzene rings is 2. The molecule has 0 spiro atoms. The van der Waals surface area contributed by atoms with Gasteiger partial charge in [-0.2, -0.15) is 0 Å². The van der Waals surface area contributed by atoms with Gasteiger partial charge in [-0.15, -0.1) is 0 Å². The third-order valence-corrected chi connectivity index (χ3v) is 4.74. The molecule has 140 valence electrons. The maximum Gasteiger partial charge on any atom is 0.140 e. The van der Waals surface area contributed by atoms with Gasteiger partial charge in [0, 0.05) is 19.6 Å². The average Bonchev–Trinajstić information content (AvgIpc) is 2.64. The molecule has 1 fully saturated rings. The summed E-state index contributed by atoms with van der Waals surface area (Å²) in [6.45, 7) is 4.38. The SMILES string of the molecule is C[C@@]1(O)CCN(Cc2cccc(OCCO)c2)C[C@H]1Oc1ccccc1. The fourth-order valence-electron chi connectivity index (χ4n) is 3.19. The highest BCUT2D eigenvalue weighted by molar-refractivity contribution is 5.28. The predicted molar refractivity (Wildman–Crippen MR) is 100 cm³/mol. The summed E-state index contributed by atoms with van der Waals surface area (Å²) in [5.74, 6) is 1.54. The van der Waals surface area contributed by atoms with Crippen LogP contribution in [0.15, 0.2) is 54.6 Å². The van der Waals surface area contributed by atoms with E-state index in [-0.39, 0.29) is 12.7 Å². The van der Waals surface area contributed by atoms with Crippen molar-refractivity contribution in [3.05, 3.63) is 60.2 Å². The van der Waals surface area contributed by atoms with Gasteiger partial charge >= 0.3 is 0 Å². The molecule has 0 aliphatic carbocycles. The molecule has 0 bridgehead atoms. The van der Waals surface area contributed by atoms with Crippen LogP contribution in [0.4, 0.5) is 0 Å². The lowest BCUT2D eigenvalue weighted by atomic mass is 9.90. The van der Waals surface area contributed by atoms with Crippen molar-refractivity contribution in [1.29, 1.82) is 0 Å². The molecule has 1 aliphatic heterocycles. The summed E-state index contributed by atoms with van der Waals surface area (Å²) in [6.07, 6.45) is 0.373. The molecular weight excluding hydrogens is 330 g/mol. The second kappa shape index (κ2) is 8.54. The fourth-order valence-corrected chi connectivity index (χ4v) is 3.19. The second-order valence-electron chi connectivity index (χ2n) is 6.98. The molecule has 0 amide bonds. The van der Waals surface area contributed by atoms with Crippen molar-refractivity contribution in [2.24, 2.45) is 0 Å². The minimum absolute atomic E-state index is 0.00391. The van der Waals surface area contributed by atoms with E-state index in [1.54, 1.807) is 0 Å². The standard InChI is InChI=1S/C21H27NO4/c1-21(24)10-11-22(16-20(21)26-18-7-3-2-4-8-18)15-17-6-5-9-19(14-17)25-13-12-23/h2-9,14,20,23-24H,10-13,15-16H2,1H3/t20-,21-/m1/s1. The molecule has 26 heavy (non-hydrogen) atoms. The Morgan fingerprint density at radius 2 is 1.88 bits per heavy atom. The summed E-state index contributed by atoms with van der Waals surface area (Å²) in [7, 11) is 0. The number of hydrogen-bond donors (Lipinski definition) is 2. The van der Waals surface area contributed by atoms with Gasteiger partial charge in [-0.3, -0.25) is 4.90 Å². The van der Waals surface area contributed by atoms with E-state index < -0.39 is 5.60 Å². The summed E-state index contributed by atoms with van der Waals surface area (Å²) in [5.41, 5.74) is 0.291. The van der Waals surface area contributed by atoms with Crippen LogP contribution in [0.2, 0.25) is 0 Å². The van der Waals surface area contributed by atoms with E-state index in [0.717, 1.165) is 30.2 Å². The van der Waals surface area contributed by atoms with Crippen molar-refractivity contribution in [1.82, 2.24) is 4.90 Å². The smallest absolute Gasteiger partial charge is 0.140 e. The number of nitrogens with zero attached hydrogens (tertiary/aromatic N) is 1. The molecule has 1 saturated heterocycles. The van der Waals surface area contributed by atoms with Gasteiger partial charge in [-0.1, -0.05) is 30.3 Å². The molecule has 1 heterocycles. The Hall–Kier alpha value is -2.08. The number of likely N-dealkylation sites (tertiary alicyclic amines) is 1. The van der Waals surface area contributed by atoms with E-state index in [9.17, 15) is 5.11 Å². The normalized spacial score (nSPS) is 23.6. The van der Waals surface area contributed by atoms with Crippen LogP contribution >= 0.6 is 0 Å². The van der Waals surface area contributed by atoms with Crippen molar-refractivity contribution in [2.75, 3.05) is 26.3 Å². The largest absolute Gasteiger partial charge is 0.491 e. The number of ether oxygens (including phenoxy) is 2. The van der Waals surface area contributed by atoms with Crippen LogP contribution in [-0.4, -0.2) is 53.1 Å². The molecule has 0 saturated carbocycles. The number of aliphatic hydroxyl groups is 2. The monoisotopic (exact) mass is 357 g/mol. The third-order valence-electron chi connectivity index (χ3n) is 4.74. The first-order valence-electron chi connectivity index (χ1n) is 9.06. The molecular formula is C21H27NO4. The van der Waals surface area contributed by atoms with Gasteiger partial charge in [0.15, 0.2) is 0 Å². The number of piperidine rings is 1. The van der Waals surface area contributed by atoms with Gasteiger partial charge in [0.1, 0.15) is 29.8 Å². The molecule has 0 aromatic heterocycles. The fraction of sp³-hybridized carbons (Fsp3) is 0.429. The van der Waals surface area contributed by atoms with Crippen LogP contribution in [0.5, 0.6) is 11.5 Å². The van der Waals surface area contributed by atoms with Crippen molar-refractivity contribution in [3.8, 4) is 11.5 Å². The van der Waals surface area contributed by atoms with E-state index >= 15 is 0 Å². The van der Waals surface area contributed by atoms with Crippen molar-refractivity contribution in [3.63, 3.8) is 0 Å². The molecule has 2 atom stereocenters. The number of para-hydroxylation sites is 1. The summed E-state index contributed by atoms with van der Waals surface area (Å²) in [6, 6.07) is 17.5. The van der Waals surface area contributed by atoms with Crippen LogP contribution in [0, 0.1) is 0 Å². The number of hydrogen-bond acceptors (Lipinski definition) is 5. The summed E-state index contributed by atoms with van der Waals surface area (Å²) < 4.78 is 11.6. The highest BCUT2D eigenvalue weighted by Crippen LogP contribution is 2.27. The summed E-state index contributed by atoms with van der Waals surface area (Å²) >= 11 is 0. The highest BCUT2D eigenvalue weighted by Gasteiger charge is 2.39. The zero-order chi connectivity index (χ0) is 18.4. The molecule has 0 unspecified atom stereocenters. The van der Waals surface area contributed by atoms with E-state index in [4.69, 9.17) is 14.6 Å². The maximum absolute atomic E-state index is 10.7. The molecule has 5 nitrogen and oxygen atoms in total. The Bertz CT molecular complexity index is 689. The molecule has 0 radical (unpaired) electrons. The van der Waals surface area contributed by atoms with Gasteiger partial charge in [0.25, 0.3) is 0 Å². The number of rotatable bonds is 7. The Kier molecular flexibility index (Phi) is 6.14. The highest BCUT2D eigenvalue weighted by atomic mass is 16.5. The van der Waals surface area contributed by atoms with Crippen LogP contribution < -0.4 is 9.47 Å². The first-order chi connectivity index (χ1) is 12.6. The van der Waals surface area contributed by atoms with E-state index in [0.29, 0.717) is 19.6 Å². The van der Waals surface area contributed by atoms with Crippen molar-refractivity contribution >= 4 is 0 Å². The molecule has 2 aromatic carbocycles. The zero-order valence-corrected chi connectivity index (χ0v) is 15.2. The lowest BCUT2D eigenvalue weighted by Crippen LogP contribution is -2.56. The van der Waals surface area contributed by atoms with E-state index in [1.807, 2.05) is 55.5 Å². The molecule has 5 heteroatoms. The van der Waals surface area contributed by atoms with Crippen LogP contribution in [0.25, 0.3) is 0 Å². The first-order valence-corrected chi connectivity index (χ1v) is 9.06. The van der Waals surface area contributed by atoms with Gasteiger partial charge in [0.05, 0.1) is 6.61 Å². The maximum atomic E-state index is 10.7. The van der Waals surface area contributed by atoms with Gasteiger partial charge < -0.3 is 19.7 Å². The lowest BCUT2D eigenvalue weighted by Gasteiger charge is -2.42. The molecule has 2 aromatic rings. The Balaban J connectivity index is 1.64. The Labute approximate surface area is 154 Å². The molecule has 1 aliphatic rings. The van der Waals surface area contributed by atoms with Crippen molar-refractivity contribution in [2.45, 2.75) is 31.6 Å².